The maximum absolute atomic E-state index is 5.41. The zero-order valence-corrected chi connectivity index (χ0v) is 8.42. The summed E-state index contributed by atoms with van der Waals surface area (Å²) in [6.07, 6.45) is 1.11. The van der Waals surface area contributed by atoms with Crippen molar-refractivity contribution in [3.8, 4) is 0 Å². The van der Waals surface area contributed by atoms with Gasteiger partial charge in [-0.1, -0.05) is 37.3 Å². The molecule has 1 rings (SSSR count). The summed E-state index contributed by atoms with van der Waals surface area (Å²) in [6, 6.07) is 11.5. The van der Waals surface area contributed by atoms with Crippen LogP contribution in [0.15, 0.2) is 30.3 Å². The van der Waals surface area contributed by atoms with Crippen molar-refractivity contribution in [2.45, 2.75) is 19.4 Å². The average Bonchev–Trinajstić information content (AvgIpc) is 2.14. The van der Waals surface area contributed by atoms with E-state index in [9.17, 15) is 0 Å². The molecule has 1 aromatic carbocycles. The number of hydrogen-bond donors (Lipinski definition) is 0. The predicted octanol–water partition coefficient (Wildman–Crippen LogP) is 2.23. The van der Waals surface area contributed by atoms with Crippen LogP contribution in [0.25, 0.3) is 0 Å². The molecule has 2 radical (unpaired) electrons. The van der Waals surface area contributed by atoms with Crippen molar-refractivity contribution in [1.29, 1.82) is 0 Å². The molecule has 1 nitrogen and oxygen atoms in total. The van der Waals surface area contributed by atoms with E-state index < -0.39 is 0 Å². The van der Waals surface area contributed by atoms with Crippen molar-refractivity contribution in [1.82, 2.24) is 0 Å². The lowest BCUT2D eigenvalue weighted by atomic mass is 10.2. The Morgan fingerprint density at radius 2 is 2.00 bits per heavy atom. The topological polar surface area (TPSA) is 9.23 Å². The van der Waals surface area contributed by atoms with Crippen LogP contribution in [-0.2, 0) is 10.5 Å². The fraction of sp³-hybridized carbons (Fsp3) is 0.400. The summed E-state index contributed by atoms with van der Waals surface area (Å²) in [4.78, 5) is 0. The first-order valence-corrected chi connectivity index (χ1v) is 5.43. The second kappa shape index (κ2) is 5.97. The van der Waals surface area contributed by atoms with Gasteiger partial charge in [0.1, 0.15) is 0 Å². The summed E-state index contributed by atoms with van der Waals surface area (Å²) in [6.45, 7) is 3.03. The van der Waals surface area contributed by atoms with Gasteiger partial charge in [-0.2, -0.15) is 0 Å². The lowest BCUT2D eigenvalue weighted by Crippen LogP contribution is -2.03. The van der Waals surface area contributed by atoms with Crippen molar-refractivity contribution in [3.63, 3.8) is 0 Å². The molecule has 64 valence electrons. The fourth-order valence-corrected chi connectivity index (χ4v) is 1.76. The summed E-state index contributed by atoms with van der Waals surface area (Å²) in [5.74, 6) is 0. The molecule has 0 aliphatic carbocycles. The van der Waals surface area contributed by atoms with Gasteiger partial charge in [0, 0.05) is 6.61 Å². The highest BCUT2D eigenvalue weighted by Gasteiger charge is 1.93. The lowest BCUT2D eigenvalue weighted by molar-refractivity contribution is 0.334. The molecular weight excluding hydrogens is 164 g/mol. The molecule has 1 aromatic rings. The van der Waals surface area contributed by atoms with Gasteiger partial charge in [0.25, 0.3) is 0 Å². The second-order valence-corrected chi connectivity index (χ2v) is 3.59. The number of benzene rings is 1. The maximum atomic E-state index is 5.41. The zero-order chi connectivity index (χ0) is 8.65. The number of rotatable bonds is 5. The Morgan fingerprint density at radius 3 is 2.67 bits per heavy atom. The molecule has 0 spiro atoms. The van der Waals surface area contributed by atoms with E-state index in [1.54, 1.807) is 0 Å². The summed E-state index contributed by atoms with van der Waals surface area (Å²) in [5, 5.41) is 0. The Balaban J connectivity index is 2.16. The first-order chi connectivity index (χ1) is 5.93. The van der Waals surface area contributed by atoms with Gasteiger partial charge in [-0.3, -0.25) is 0 Å². The van der Waals surface area contributed by atoms with Crippen molar-refractivity contribution < 1.29 is 4.43 Å². The van der Waals surface area contributed by atoms with E-state index in [4.69, 9.17) is 4.43 Å². The van der Waals surface area contributed by atoms with Crippen molar-refractivity contribution in [2.75, 3.05) is 6.61 Å². The number of hydrogen-bond acceptors (Lipinski definition) is 1. The van der Waals surface area contributed by atoms with Crippen LogP contribution >= 0.6 is 0 Å². The molecular formula is C10H14OSi. The molecule has 12 heavy (non-hydrogen) atoms. The Kier molecular flexibility index (Phi) is 4.72. The minimum absolute atomic E-state index is 0.616. The summed E-state index contributed by atoms with van der Waals surface area (Å²) in [5.41, 5.74) is 1.37. The molecule has 0 aliphatic heterocycles. The smallest absolute Gasteiger partial charge is 0.234 e. The molecule has 0 fully saturated rings. The standard InChI is InChI=1S/C10H14OSi/c1-2-8-11-12-9-10-6-4-3-5-7-10/h3-7H,2,8-9H2,1H3. The van der Waals surface area contributed by atoms with Gasteiger partial charge in [0.05, 0.1) is 0 Å². The molecule has 0 bridgehead atoms. The first-order valence-electron chi connectivity index (χ1n) is 4.32. The molecule has 0 atom stereocenters. The van der Waals surface area contributed by atoms with Gasteiger partial charge in [-0.25, -0.2) is 0 Å². The molecule has 0 aliphatic rings. The van der Waals surface area contributed by atoms with E-state index in [1.165, 1.54) is 5.56 Å². The third-order valence-corrected chi connectivity index (χ3v) is 2.49. The minimum atomic E-state index is 0.616. The first kappa shape index (κ1) is 9.48. The highest BCUT2D eigenvalue weighted by Crippen LogP contribution is 1.98. The van der Waals surface area contributed by atoms with E-state index in [0.717, 1.165) is 19.1 Å². The van der Waals surface area contributed by atoms with Crippen molar-refractivity contribution in [2.24, 2.45) is 0 Å². The molecule has 0 saturated carbocycles. The van der Waals surface area contributed by atoms with Crippen LogP contribution in [0.5, 0.6) is 0 Å². The maximum Gasteiger partial charge on any atom is 0.234 e. The highest BCUT2D eigenvalue weighted by molar-refractivity contribution is 6.26. The van der Waals surface area contributed by atoms with Crippen molar-refractivity contribution >= 4 is 9.76 Å². The Hall–Kier alpha value is -0.603. The van der Waals surface area contributed by atoms with Gasteiger partial charge in [0.15, 0.2) is 0 Å². The SMILES string of the molecule is CCCO[Si]Cc1ccccc1. The monoisotopic (exact) mass is 178 g/mol. The molecule has 2 heteroatoms. The van der Waals surface area contributed by atoms with Crippen LogP contribution < -0.4 is 0 Å². The van der Waals surface area contributed by atoms with Gasteiger partial charge in [-0.15, -0.1) is 0 Å². The Labute approximate surface area is 76.7 Å². The van der Waals surface area contributed by atoms with Crippen LogP contribution in [0.4, 0.5) is 0 Å². The largest absolute Gasteiger partial charge is 0.417 e. The lowest BCUT2D eigenvalue weighted by Gasteiger charge is -1.99. The van der Waals surface area contributed by atoms with E-state index in [0.29, 0.717) is 9.76 Å². The summed E-state index contributed by atoms with van der Waals surface area (Å²) in [7, 11) is 0.616. The molecule has 0 N–H and O–H groups in total. The Morgan fingerprint density at radius 1 is 1.25 bits per heavy atom. The van der Waals surface area contributed by atoms with Gasteiger partial charge >= 0.3 is 0 Å². The average molecular weight is 178 g/mol. The molecule has 0 aromatic heterocycles. The molecule has 0 amide bonds. The Bertz CT molecular complexity index is 198. The van der Waals surface area contributed by atoms with E-state index in [-0.39, 0.29) is 0 Å². The fourth-order valence-electron chi connectivity index (χ4n) is 0.904. The van der Waals surface area contributed by atoms with Gasteiger partial charge in [-0.05, 0) is 18.0 Å². The molecule has 0 heterocycles. The summed E-state index contributed by atoms with van der Waals surface area (Å²) >= 11 is 0. The van der Waals surface area contributed by atoms with Crippen LogP contribution in [-0.4, -0.2) is 16.4 Å². The van der Waals surface area contributed by atoms with E-state index in [2.05, 4.69) is 31.2 Å². The van der Waals surface area contributed by atoms with Crippen molar-refractivity contribution in [3.05, 3.63) is 35.9 Å². The molecule has 0 saturated heterocycles. The summed E-state index contributed by atoms with van der Waals surface area (Å²) < 4.78 is 5.41. The third kappa shape index (κ3) is 3.69. The van der Waals surface area contributed by atoms with Crippen LogP contribution in [0.3, 0.4) is 0 Å². The molecule has 0 unspecified atom stereocenters. The van der Waals surface area contributed by atoms with E-state index in [1.807, 2.05) is 6.07 Å². The second-order valence-electron chi connectivity index (χ2n) is 2.66. The highest BCUT2D eigenvalue weighted by atomic mass is 28.2. The van der Waals surface area contributed by atoms with Crippen LogP contribution in [0.2, 0.25) is 0 Å². The minimum Gasteiger partial charge on any atom is -0.417 e. The normalized spacial score (nSPS) is 10.1. The quantitative estimate of drug-likeness (QED) is 0.496. The zero-order valence-electron chi connectivity index (χ0n) is 7.42. The van der Waals surface area contributed by atoms with E-state index >= 15 is 0 Å². The van der Waals surface area contributed by atoms with Gasteiger partial charge in [0.2, 0.25) is 9.76 Å². The van der Waals surface area contributed by atoms with Gasteiger partial charge < -0.3 is 4.43 Å². The predicted molar refractivity (Wildman–Crippen MR) is 52.1 cm³/mol. The van der Waals surface area contributed by atoms with Crippen LogP contribution in [0.1, 0.15) is 18.9 Å². The third-order valence-electron chi connectivity index (χ3n) is 1.53. The van der Waals surface area contributed by atoms with Crippen LogP contribution in [0, 0.1) is 0 Å².